The second-order valence-electron chi connectivity index (χ2n) is 9.44. The van der Waals surface area contributed by atoms with Gasteiger partial charge < -0.3 is 24.8 Å². The van der Waals surface area contributed by atoms with E-state index in [1.807, 2.05) is 37.3 Å². The van der Waals surface area contributed by atoms with E-state index in [1.54, 1.807) is 12.1 Å². The average molecular weight is 463 g/mol. The third-order valence-corrected chi connectivity index (χ3v) is 6.35. The van der Waals surface area contributed by atoms with Crippen LogP contribution in [0, 0.1) is 6.92 Å². The molecule has 0 saturated carbocycles. The van der Waals surface area contributed by atoms with E-state index in [4.69, 9.17) is 9.47 Å². The number of fused-ring (bicyclic) bond motifs is 1. The van der Waals surface area contributed by atoms with Crippen LogP contribution in [0.5, 0.6) is 11.5 Å². The third-order valence-electron chi connectivity index (χ3n) is 6.35. The fourth-order valence-electron chi connectivity index (χ4n) is 4.25. The average Bonchev–Trinajstić information content (AvgIpc) is 2.82. The highest BCUT2D eigenvalue weighted by Crippen LogP contribution is 2.37. The van der Waals surface area contributed by atoms with E-state index >= 15 is 0 Å². The molecule has 1 fully saturated rings. The summed E-state index contributed by atoms with van der Waals surface area (Å²) in [6.07, 6.45) is 5.56. The van der Waals surface area contributed by atoms with Gasteiger partial charge in [-0.1, -0.05) is 23.8 Å². The van der Waals surface area contributed by atoms with Gasteiger partial charge in [0.1, 0.15) is 17.6 Å². The molecular weight excluding hydrogens is 428 g/mol. The lowest BCUT2D eigenvalue weighted by Crippen LogP contribution is -2.36. The highest BCUT2D eigenvalue weighted by molar-refractivity contribution is 5.96. The quantitative estimate of drug-likeness (QED) is 0.621. The summed E-state index contributed by atoms with van der Waals surface area (Å²) in [6, 6.07) is 11.4. The number of piperidine rings is 1. The van der Waals surface area contributed by atoms with E-state index in [0.29, 0.717) is 17.0 Å². The molecule has 4 rings (SSSR count). The highest BCUT2D eigenvalue weighted by Gasteiger charge is 2.26. The lowest BCUT2D eigenvalue weighted by Gasteiger charge is -2.31. The number of hydrogen-bond acceptors (Lipinski definition) is 5. The van der Waals surface area contributed by atoms with E-state index in [9.17, 15) is 9.90 Å². The van der Waals surface area contributed by atoms with Crippen molar-refractivity contribution in [3.63, 3.8) is 0 Å². The molecule has 34 heavy (non-hydrogen) atoms. The van der Waals surface area contributed by atoms with Gasteiger partial charge in [0, 0.05) is 29.8 Å². The van der Waals surface area contributed by atoms with Gasteiger partial charge in [-0.05, 0) is 83.0 Å². The number of carbonyl (C=O) groups excluding carboxylic acids is 1. The fraction of sp³-hybridized carbons (Fsp3) is 0.393. The van der Waals surface area contributed by atoms with Crippen LogP contribution in [0.25, 0.3) is 6.08 Å². The van der Waals surface area contributed by atoms with Crippen molar-refractivity contribution in [1.82, 2.24) is 10.2 Å². The van der Waals surface area contributed by atoms with E-state index in [2.05, 4.69) is 37.2 Å². The molecule has 0 spiro atoms. The maximum absolute atomic E-state index is 12.9. The number of rotatable bonds is 6. The summed E-state index contributed by atoms with van der Waals surface area (Å²) in [5, 5.41) is 13.4. The van der Waals surface area contributed by atoms with E-state index in [0.717, 1.165) is 54.8 Å². The predicted molar refractivity (Wildman–Crippen MR) is 134 cm³/mol. The number of amides is 1. The standard InChI is InChI=1S/C28H34N2O4/c1-18(2)8-9-20-6-5-7-22(16-20)27(31)29-24-17-21-10-11-25(19(3)26(21)34-28(24)32)33-23-12-14-30(4)15-13-23/h5-8,10-11,16-17,23,28,32H,9,12-15H2,1-4H3,(H,29,31). The summed E-state index contributed by atoms with van der Waals surface area (Å²) in [5.74, 6) is 1.07. The Hall–Kier alpha value is -3.09. The molecule has 2 aromatic carbocycles. The van der Waals surface area contributed by atoms with Crippen molar-refractivity contribution < 1.29 is 19.4 Å². The van der Waals surface area contributed by atoms with Crippen molar-refractivity contribution >= 4 is 12.0 Å². The van der Waals surface area contributed by atoms with Crippen LogP contribution in [0.3, 0.4) is 0 Å². The Morgan fingerprint density at radius 2 is 2.00 bits per heavy atom. The van der Waals surface area contributed by atoms with Crippen LogP contribution in [0.15, 0.2) is 53.7 Å². The molecule has 2 aliphatic rings. The van der Waals surface area contributed by atoms with Gasteiger partial charge >= 0.3 is 0 Å². The van der Waals surface area contributed by atoms with Gasteiger partial charge in [0.2, 0.25) is 6.29 Å². The van der Waals surface area contributed by atoms with Crippen LogP contribution in [-0.2, 0) is 6.42 Å². The number of aliphatic hydroxyl groups excluding tert-OH is 1. The van der Waals surface area contributed by atoms with Gasteiger partial charge in [-0.3, -0.25) is 4.79 Å². The molecule has 0 bridgehead atoms. The first kappa shape index (κ1) is 24.0. The number of aliphatic hydroxyl groups is 1. The fourth-order valence-corrected chi connectivity index (χ4v) is 4.25. The highest BCUT2D eigenvalue weighted by atomic mass is 16.6. The Morgan fingerprint density at radius 3 is 2.74 bits per heavy atom. The smallest absolute Gasteiger partial charge is 0.255 e. The monoisotopic (exact) mass is 462 g/mol. The maximum atomic E-state index is 12.9. The van der Waals surface area contributed by atoms with Gasteiger partial charge in [-0.2, -0.15) is 0 Å². The van der Waals surface area contributed by atoms with Gasteiger partial charge in [-0.15, -0.1) is 0 Å². The van der Waals surface area contributed by atoms with Crippen molar-refractivity contribution in [2.75, 3.05) is 20.1 Å². The number of hydrogen-bond donors (Lipinski definition) is 2. The summed E-state index contributed by atoms with van der Waals surface area (Å²) in [5.41, 5.74) is 4.79. The SMILES string of the molecule is CC(C)=CCc1cccc(C(=O)NC2=Cc3ccc(OC4CCN(C)CC4)c(C)c3OC2O)c1. The van der Waals surface area contributed by atoms with Gasteiger partial charge in [0.05, 0.1) is 5.70 Å². The number of allylic oxidation sites excluding steroid dienone is 2. The number of nitrogens with zero attached hydrogens (tertiary/aromatic N) is 1. The van der Waals surface area contributed by atoms with Crippen molar-refractivity contribution in [2.24, 2.45) is 0 Å². The number of carbonyl (C=O) groups is 1. The molecule has 180 valence electrons. The minimum atomic E-state index is -1.26. The summed E-state index contributed by atoms with van der Waals surface area (Å²) in [4.78, 5) is 15.2. The van der Waals surface area contributed by atoms with Crippen molar-refractivity contribution in [3.8, 4) is 11.5 Å². The number of likely N-dealkylation sites (tertiary alicyclic amines) is 1. The van der Waals surface area contributed by atoms with E-state index < -0.39 is 6.29 Å². The molecule has 2 aliphatic heterocycles. The molecular formula is C28H34N2O4. The molecule has 0 aromatic heterocycles. The molecule has 1 amide bonds. The van der Waals surface area contributed by atoms with Crippen LogP contribution in [0.4, 0.5) is 0 Å². The maximum Gasteiger partial charge on any atom is 0.255 e. The van der Waals surface area contributed by atoms with Gasteiger partial charge in [-0.25, -0.2) is 0 Å². The van der Waals surface area contributed by atoms with Crippen molar-refractivity contribution in [2.45, 2.75) is 52.4 Å². The molecule has 2 aromatic rings. The van der Waals surface area contributed by atoms with Crippen molar-refractivity contribution in [3.05, 3.63) is 76.0 Å². The number of ether oxygens (including phenoxy) is 2. The first-order valence-electron chi connectivity index (χ1n) is 11.9. The molecule has 6 nitrogen and oxygen atoms in total. The summed E-state index contributed by atoms with van der Waals surface area (Å²) >= 11 is 0. The lowest BCUT2D eigenvalue weighted by molar-refractivity contribution is 0.00667. The Bertz CT molecular complexity index is 1110. The molecule has 0 aliphatic carbocycles. The van der Waals surface area contributed by atoms with Crippen LogP contribution in [0.2, 0.25) is 0 Å². The van der Waals surface area contributed by atoms with E-state index in [1.165, 1.54) is 5.57 Å². The van der Waals surface area contributed by atoms with Crippen LogP contribution in [-0.4, -0.2) is 48.4 Å². The second-order valence-corrected chi connectivity index (χ2v) is 9.44. The van der Waals surface area contributed by atoms with Gasteiger partial charge in [0.15, 0.2) is 0 Å². The first-order valence-corrected chi connectivity index (χ1v) is 11.9. The van der Waals surface area contributed by atoms with Crippen molar-refractivity contribution in [1.29, 1.82) is 0 Å². The van der Waals surface area contributed by atoms with Gasteiger partial charge in [0.25, 0.3) is 5.91 Å². The Balaban J connectivity index is 1.48. The van der Waals surface area contributed by atoms with Crippen LogP contribution >= 0.6 is 0 Å². The molecule has 1 atom stereocenters. The van der Waals surface area contributed by atoms with Crippen LogP contribution < -0.4 is 14.8 Å². The molecule has 0 radical (unpaired) electrons. The number of nitrogens with one attached hydrogen (secondary N) is 1. The third kappa shape index (κ3) is 5.69. The summed E-state index contributed by atoms with van der Waals surface area (Å²) < 4.78 is 12.1. The molecule has 6 heteroatoms. The molecule has 2 heterocycles. The van der Waals surface area contributed by atoms with E-state index in [-0.39, 0.29) is 12.0 Å². The normalized spacial score (nSPS) is 18.4. The zero-order valence-corrected chi connectivity index (χ0v) is 20.4. The Kier molecular flexibility index (Phi) is 7.39. The summed E-state index contributed by atoms with van der Waals surface area (Å²) in [7, 11) is 2.12. The zero-order valence-electron chi connectivity index (χ0n) is 20.4. The molecule has 2 N–H and O–H groups in total. The summed E-state index contributed by atoms with van der Waals surface area (Å²) in [6.45, 7) is 8.08. The first-order chi connectivity index (χ1) is 16.3. The Morgan fingerprint density at radius 1 is 1.24 bits per heavy atom. The topological polar surface area (TPSA) is 71.0 Å². The largest absolute Gasteiger partial charge is 0.490 e. The number of benzene rings is 2. The minimum Gasteiger partial charge on any atom is -0.490 e. The minimum absolute atomic E-state index is 0.180. The van der Waals surface area contributed by atoms with Crippen LogP contribution in [0.1, 0.15) is 53.7 Å². The molecule has 1 saturated heterocycles. The molecule has 1 unspecified atom stereocenters. The lowest BCUT2D eigenvalue weighted by atomic mass is 10.0. The predicted octanol–water partition coefficient (Wildman–Crippen LogP) is 4.46. The second kappa shape index (κ2) is 10.5. The zero-order chi connectivity index (χ0) is 24.2. The Labute approximate surface area is 201 Å².